The predicted octanol–water partition coefficient (Wildman–Crippen LogP) is 4.48. The normalized spacial score (nSPS) is 18.9. The van der Waals surface area contributed by atoms with Gasteiger partial charge < -0.3 is 15.5 Å². The van der Waals surface area contributed by atoms with Crippen molar-refractivity contribution in [2.75, 3.05) is 5.32 Å². The summed E-state index contributed by atoms with van der Waals surface area (Å²) in [6.07, 6.45) is 2.06. The van der Waals surface area contributed by atoms with E-state index in [4.69, 9.17) is 16.7 Å². The molecule has 2 unspecified atom stereocenters. The van der Waals surface area contributed by atoms with Gasteiger partial charge in [-0.25, -0.2) is 5.01 Å². The number of nitrogens with one attached hydrogen (secondary N) is 1. The number of hydrazone groups is 1. The molecule has 0 spiro atoms. The zero-order chi connectivity index (χ0) is 25.2. The van der Waals surface area contributed by atoms with Gasteiger partial charge in [0, 0.05) is 52.7 Å². The highest BCUT2D eigenvalue weighted by Gasteiger charge is 2.38. The smallest absolute Gasteiger partial charge is 0.303 e. The maximum atomic E-state index is 13.1. The summed E-state index contributed by atoms with van der Waals surface area (Å²) in [6, 6.07) is 18.2. The van der Waals surface area contributed by atoms with E-state index in [2.05, 4.69) is 15.4 Å². The van der Waals surface area contributed by atoms with Gasteiger partial charge in [0.15, 0.2) is 6.23 Å². The molecule has 0 saturated carbocycles. The number of fused-ring (bicyclic) bond motifs is 1. The number of aromatic nitrogens is 1. The first-order chi connectivity index (χ1) is 17.4. The highest BCUT2D eigenvalue weighted by Crippen LogP contribution is 2.42. The first-order valence-electron chi connectivity index (χ1n) is 11.5. The molecule has 8 nitrogen and oxygen atoms in total. The second-order valence-electron chi connectivity index (χ2n) is 8.58. The van der Waals surface area contributed by atoms with Crippen molar-refractivity contribution in [2.24, 2.45) is 5.10 Å². The lowest BCUT2D eigenvalue weighted by atomic mass is 9.85. The minimum Gasteiger partial charge on any atom is -0.481 e. The van der Waals surface area contributed by atoms with Gasteiger partial charge in [-0.05, 0) is 35.4 Å². The number of carboxylic acids is 1. The number of carboxylic acid groups (broad SMARTS) is 1. The summed E-state index contributed by atoms with van der Waals surface area (Å²) in [5, 5.41) is 30.0. The van der Waals surface area contributed by atoms with Crippen LogP contribution in [0.2, 0.25) is 5.02 Å². The van der Waals surface area contributed by atoms with Crippen LogP contribution in [-0.2, 0) is 9.59 Å². The van der Waals surface area contributed by atoms with Crippen molar-refractivity contribution < 1.29 is 19.8 Å². The summed E-state index contributed by atoms with van der Waals surface area (Å²) in [5.41, 5.74) is 5.01. The Kier molecular flexibility index (Phi) is 6.54. The van der Waals surface area contributed by atoms with Crippen LogP contribution in [0.15, 0.2) is 83.7 Å². The first kappa shape index (κ1) is 23.7. The molecule has 1 amide bonds. The number of pyridine rings is 1. The third-order valence-corrected chi connectivity index (χ3v) is 6.48. The molecule has 182 valence electrons. The van der Waals surface area contributed by atoms with Crippen LogP contribution in [0.25, 0.3) is 5.57 Å². The number of hydrogen-bond acceptors (Lipinski definition) is 6. The van der Waals surface area contributed by atoms with Gasteiger partial charge in [0.25, 0.3) is 0 Å². The van der Waals surface area contributed by atoms with Crippen molar-refractivity contribution in [3.63, 3.8) is 0 Å². The molecule has 36 heavy (non-hydrogen) atoms. The van der Waals surface area contributed by atoms with E-state index in [-0.39, 0.29) is 12.8 Å². The Hall–Kier alpha value is -4.01. The van der Waals surface area contributed by atoms with Crippen molar-refractivity contribution in [3.05, 3.63) is 100 Å². The number of anilines is 1. The number of halogens is 1. The van der Waals surface area contributed by atoms with Gasteiger partial charge in [0.2, 0.25) is 5.91 Å². The molecule has 3 aromatic rings. The highest BCUT2D eigenvalue weighted by molar-refractivity contribution is 6.31. The van der Waals surface area contributed by atoms with Crippen LogP contribution < -0.4 is 5.32 Å². The Balaban J connectivity index is 1.66. The van der Waals surface area contributed by atoms with E-state index in [0.29, 0.717) is 22.7 Å². The number of hydrogen-bond donors (Lipinski definition) is 3. The average Bonchev–Trinajstić information content (AvgIpc) is 3.33. The summed E-state index contributed by atoms with van der Waals surface area (Å²) in [4.78, 5) is 28.3. The van der Waals surface area contributed by atoms with Gasteiger partial charge in [-0.15, -0.1) is 0 Å². The number of aliphatic hydroxyl groups excluding tert-OH is 1. The van der Waals surface area contributed by atoms with Crippen LogP contribution in [0.3, 0.4) is 0 Å². The van der Waals surface area contributed by atoms with Gasteiger partial charge in [0.1, 0.15) is 0 Å². The van der Waals surface area contributed by atoms with Crippen LogP contribution in [0.1, 0.15) is 42.0 Å². The number of aliphatic hydroxyl groups is 1. The molecule has 2 aliphatic heterocycles. The molecule has 0 fully saturated rings. The highest BCUT2D eigenvalue weighted by atomic mass is 35.5. The quantitative estimate of drug-likeness (QED) is 0.458. The standard InChI is InChI=1S/C27H23ClN4O4/c28-18-8-9-20-19(13-18)25(16-5-2-1-3-6-16)26(27(36)30-20)21-14-22(17-7-4-12-29-15-17)32(31-21)23(33)10-11-24(34)35/h1-9,12-13,15,22,27,30,36H,10-11,14H2,(H,34,35). The molecule has 0 saturated heterocycles. The third kappa shape index (κ3) is 4.60. The van der Waals surface area contributed by atoms with E-state index in [0.717, 1.165) is 28.0 Å². The molecule has 5 rings (SSSR count). The summed E-state index contributed by atoms with van der Waals surface area (Å²) >= 11 is 6.35. The average molecular weight is 503 g/mol. The lowest BCUT2D eigenvalue weighted by Crippen LogP contribution is -2.31. The number of benzene rings is 2. The van der Waals surface area contributed by atoms with E-state index in [9.17, 15) is 14.7 Å². The predicted molar refractivity (Wildman–Crippen MR) is 136 cm³/mol. The van der Waals surface area contributed by atoms with Crippen molar-refractivity contribution in [3.8, 4) is 0 Å². The first-order valence-corrected chi connectivity index (χ1v) is 11.9. The number of nitrogens with zero attached hydrogens (tertiary/aromatic N) is 3. The fraction of sp³-hybridized carbons (Fsp3) is 0.185. The second kappa shape index (κ2) is 9.93. The molecule has 2 aliphatic rings. The fourth-order valence-electron chi connectivity index (χ4n) is 4.63. The lowest BCUT2D eigenvalue weighted by Gasteiger charge is -2.29. The van der Waals surface area contributed by atoms with Gasteiger partial charge in [-0.2, -0.15) is 5.10 Å². The van der Waals surface area contributed by atoms with Gasteiger partial charge in [-0.3, -0.25) is 14.6 Å². The fourth-order valence-corrected chi connectivity index (χ4v) is 4.80. The van der Waals surface area contributed by atoms with Crippen molar-refractivity contribution in [1.82, 2.24) is 9.99 Å². The zero-order valence-corrected chi connectivity index (χ0v) is 19.9. The van der Waals surface area contributed by atoms with E-state index >= 15 is 0 Å². The van der Waals surface area contributed by atoms with Crippen LogP contribution in [0.5, 0.6) is 0 Å². The van der Waals surface area contributed by atoms with Crippen molar-refractivity contribution in [1.29, 1.82) is 0 Å². The maximum Gasteiger partial charge on any atom is 0.303 e. The molecule has 2 aromatic carbocycles. The summed E-state index contributed by atoms with van der Waals surface area (Å²) in [6.45, 7) is 0. The molecule has 3 heterocycles. The van der Waals surface area contributed by atoms with E-state index in [1.165, 1.54) is 5.01 Å². The van der Waals surface area contributed by atoms with Crippen LogP contribution >= 0.6 is 11.6 Å². The van der Waals surface area contributed by atoms with Crippen LogP contribution in [-0.4, -0.2) is 44.0 Å². The molecular formula is C27H23ClN4O4. The molecule has 0 bridgehead atoms. The van der Waals surface area contributed by atoms with Crippen LogP contribution in [0.4, 0.5) is 5.69 Å². The minimum absolute atomic E-state index is 0.188. The van der Waals surface area contributed by atoms with Crippen molar-refractivity contribution >= 4 is 40.4 Å². The Morgan fingerprint density at radius 1 is 1.08 bits per heavy atom. The Bertz CT molecular complexity index is 1380. The van der Waals surface area contributed by atoms with Gasteiger partial charge in [0.05, 0.1) is 18.2 Å². The summed E-state index contributed by atoms with van der Waals surface area (Å²) in [5.74, 6) is -1.47. The summed E-state index contributed by atoms with van der Waals surface area (Å²) in [7, 11) is 0. The third-order valence-electron chi connectivity index (χ3n) is 6.25. The monoisotopic (exact) mass is 502 g/mol. The zero-order valence-electron chi connectivity index (χ0n) is 19.1. The minimum atomic E-state index is -1.09. The topological polar surface area (TPSA) is 115 Å². The molecular weight excluding hydrogens is 480 g/mol. The Morgan fingerprint density at radius 2 is 1.89 bits per heavy atom. The molecule has 3 N–H and O–H groups in total. The number of carbonyl (C=O) groups excluding carboxylic acids is 1. The SMILES string of the molecule is O=C(O)CCC(=O)N1N=C(C2=C(c3ccccc3)c3cc(Cl)ccc3NC2O)CC1c1cccnc1. The Morgan fingerprint density at radius 3 is 2.61 bits per heavy atom. The summed E-state index contributed by atoms with van der Waals surface area (Å²) < 4.78 is 0. The lowest BCUT2D eigenvalue weighted by molar-refractivity contribution is -0.141. The van der Waals surface area contributed by atoms with E-state index in [1.54, 1.807) is 24.5 Å². The van der Waals surface area contributed by atoms with Gasteiger partial charge in [-0.1, -0.05) is 48.0 Å². The van der Waals surface area contributed by atoms with Crippen molar-refractivity contribution in [2.45, 2.75) is 31.5 Å². The van der Waals surface area contributed by atoms with E-state index in [1.807, 2.05) is 48.5 Å². The number of carbonyl (C=O) groups is 2. The number of amides is 1. The molecule has 0 aliphatic carbocycles. The molecule has 0 radical (unpaired) electrons. The van der Waals surface area contributed by atoms with E-state index < -0.39 is 24.1 Å². The Labute approximate surface area is 212 Å². The maximum absolute atomic E-state index is 13.1. The number of aliphatic carboxylic acids is 1. The largest absolute Gasteiger partial charge is 0.481 e. The second-order valence-corrected chi connectivity index (χ2v) is 9.01. The molecule has 1 aromatic heterocycles. The number of rotatable bonds is 6. The molecule has 2 atom stereocenters. The van der Waals surface area contributed by atoms with Gasteiger partial charge >= 0.3 is 5.97 Å². The van der Waals surface area contributed by atoms with Crippen LogP contribution in [0, 0.1) is 0 Å². The molecule has 9 heteroatoms.